The van der Waals surface area contributed by atoms with Crippen molar-refractivity contribution in [2.75, 3.05) is 20.2 Å². The van der Waals surface area contributed by atoms with Crippen LogP contribution in [0.1, 0.15) is 42.5 Å². The highest BCUT2D eigenvalue weighted by Gasteiger charge is 2.52. The van der Waals surface area contributed by atoms with Crippen LogP contribution in [-0.4, -0.2) is 55.2 Å². The van der Waals surface area contributed by atoms with E-state index in [-0.39, 0.29) is 18.0 Å². The van der Waals surface area contributed by atoms with Crippen LogP contribution in [0.25, 0.3) is 0 Å². The van der Waals surface area contributed by atoms with E-state index in [1.807, 2.05) is 6.07 Å². The van der Waals surface area contributed by atoms with Crippen molar-refractivity contribution in [3.05, 3.63) is 35.9 Å². The molecule has 2 aliphatic rings. The highest BCUT2D eigenvalue weighted by molar-refractivity contribution is 5.89. The zero-order valence-corrected chi connectivity index (χ0v) is 15.3. The van der Waals surface area contributed by atoms with Crippen molar-refractivity contribution in [2.45, 2.75) is 50.3 Å². The van der Waals surface area contributed by atoms with Crippen LogP contribution in [0.5, 0.6) is 0 Å². The summed E-state index contributed by atoms with van der Waals surface area (Å²) in [7, 11) is 1.40. The quantitative estimate of drug-likeness (QED) is 0.591. The maximum absolute atomic E-state index is 12.5. The molecule has 2 aliphatic heterocycles. The Bertz CT molecular complexity index is 621. The first-order valence-electron chi connectivity index (χ1n) is 9.45. The first-order chi connectivity index (χ1) is 12.7. The first kappa shape index (κ1) is 18.9. The van der Waals surface area contributed by atoms with Gasteiger partial charge in [0.2, 0.25) is 0 Å². The predicted octanol–water partition coefficient (Wildman–Crippen LogP) is 1.98. The summed E-state index contributed by atoms with van der Waals surface area (Å²) in [5.41, 5.74) is 6.12. The van der Waals surface area contributed by atoms with Crippen LogP contribution in [0.3, 0.4) is 0 Å². The first-order valence-corrected chi connectivity index (χ1v) is 9.45. The molecule has 6 heteroatoms. The average Bonchev–Trinajstić information content (AvgIpc) is 2.94. The van der Waals surface area contributed by atoms with Gasteiger partial charge in [0.25, 0.3) is 0 Å². The molecule has 6 nitrogen and oxygen atoms in total. The molecule has 2 N–H and O–H groups in total. The van der Waals surface area contributed by atoms with E-state index >= 15 is 0 Å². The molecule has 0 saturated carbocycles. The number of ether oxygens (including phenoxy) is 2. The Labute approximate surface area is 154 Å². The largest absolute Gasteiger partial charge is 0.469 e. The second-order valence-corrected chi connectivity index (χ2v) is 7.13. The minimum absolute atomic E-state index is 0.0764. The normalized spacial score (nSPS) is 27.9. The number of piperidine rings is 1. The summed E-state index contributed by atoms with van der Waals surface area (Å²) in [6, 6.07) is 9.35. The van der Waals surface area contributed by atoms with Crippen LogP contribution in [0.4, 0.5) is 0 Å². The number of esters is 2. The molecule has 0 amide bonds. The van der Waals surface area contributed by atoms with Crippen molar-refractivity contribution in [1.82, 2.24) is 4.90 Å². The smallest absolute Gasteiger partial charge is 0.338 e. The van der Waals surface area contributed by atoms with E-state index in [9.17, 15) is 9.59 Å². The second-order valence-electron chi connectivity index (χ2n) is 7.13. The lowest BCUT2D eigenvalue weighted by molar-refractivity contribution is -0.156. The molecule has 1 aromatic carbocycles. The van der Waals surface area contributed by atoms with Crippen molar-refractivity contribution >= 4 is 11.9 Å². The van der Waals surface area contributed by atoms with E-state index in [1.54, 1.807) is 24.3 Å². The molecule has 0 radical (unpaired) electrons. The van der Waals surface area contributed by atoms with Gasteiger partial charge >= 0.3 is 11.9 Å². The Hall–Kier alpha value is -1.92. The van der Waals surface area contributed by atoms with Gasteiger partial charge in [-0.25, -0.2) is 4.79 Å². The molecule has 3 rings (SSSR count). The Morgan fingerprint density at radius 1 is 1.19 bits per heavy atom. The number of carbonyl (C=O) groups excluding carboxylic acids is 2. The molecule has 2 fully saturated rings. The second kappa shape index (κ2) is 8.64. The van der Waals surface area contributed by atoms with Gasteiger partial charge < -0.3 is 15.2 Å². The highest BCUT2D eigenvalue weighted by atomic mass is 16.6. The van der Waals surface area contributed by atoms with Crippen molar-refractivity contribution < 1.29 is 19.1 Å². The number of hydrogen-bond acceptors (Lipinski definition) is 6. The molecule has 142 valence electrons. The fourth-order valence-corrected chi connectivity index (χ4v) is 4.40. The Kier molecular flexibility index (Phi) is 6.27. The number of nitrogens with two attached hydrogens (primary N) is 1. The van der Waals surface area contributed by atoms with Crippen LogP contribution in [-0.2, 0) is 14.3 Å². The van der Waals surface area contributed by atoms with E-state index in [2.05, 4.69) is 4.90 Å². The number of carbonyl (C=O) groups is 2. The zero-order chi connectivity index (χ0) is 18.5. The van der Waals surface area contributed by atoms with Crippen LogP contribution in [0.15, 0.2) is 30.3 Å². The van der Waals surface area contributed by atoms with Gasteiger partial charge in [-0.1, -0.05) is 18.2 Å². The fourth-order valence-electron chi connectivity index (χ4n) is 4.40. The summed E-state index contributed by atoms with van der Waals surface area (Å²) in [4.78, 5) is 27.4. The van der Waals surface area contributed by atoms with Crippen LogP contribution in [0, 0.1) is 5.92 Å². The highest BCUT2D eigenvalue weighted by Crippen LogP contribution is 2.41. The molecule has 0 spiro atoms. The number of rotatable bonds is 7. The molecule has 1 aromatic rings. The Morgan fingerprint density at radius 3 is 2.65 bits per heavy atom. The minimum Gasteiger partial charge on any atom is -0.469 e. The van der Waals surface area contributed by atoms with E-state index in [1.165, 1.54) is 7.11 Å². The third kappa shape index (κ3) is 3.91. The lowest BCUT2D eigenvalue weighted by atomic mass is 9.87. The van der Waals surface area contributed by atoms with Gasteiger partial charge in [-0.05, 0) is 50.9 Å². The van der Waals surface area contributed by atoms with Gasteiger partial charge in [-0.3, -0.25) is 9.69 Å². The van der Waals surface area contributed by atoms with Crippen LogP contribution < -0.4 is 5.73 Å². The third-order valence-electron chi connectivity index (χ3n) is 5.62. The predicted molar refractivity (Wildman–Crippen MR) is 97.6 cm³/mol. The zero-order valence-electron chi connectivity index (χ0n) is 15.3. The van der Waals surface area contributed by atoms with E-state index in [0.29, 0.717) is 24.6 Å². The molecule has 0 aliphatic carbocycles. The van der Waals surface area contributed by atoms with Gasteiger partial charge in [0.1, 0.15) is 12.0 Å². The van der Waals surface area contributed by atoms with Crippen LogP contribution in [0.2, 0.25) is 0 Å². The lowest BCUT2D eigenvalue weighted by Gasteiger charge is -2.42. The van der Waals surface area contributed by atoms with Gasteiger partial charge in [0.15, 0.2) is 0 Å². The number of hydrogen-bond donors (Lipinski definition) is 1. The van der Waals surface area contributed by atoms with Crippen molar-refractivity contribution in [2.24, 2.45) is 11.7 Å². The van der Waals surface area contributed by atoms with Gasteiger partial charge in [0, 0.05) is 18.5 Å². The minimum atomic E-state index is -0.432. The van der Waals surface area contributed by atoms with E-state index < -0.39 is 12.0 Å². The van der Waals surface area contributed by atoms with Gasteiger partial charge in [-0.15, -0.1) is 0 Å². The maximum atomic E-state index is 12.5. The topological polar surface area (TPSA) is 81.9 Å². The number of fused-ring (bicyclic) bond motifs is 2. The summed E-state index contributed by atoms with van der Waals surface area (Å²) in [6.45, 7) is 1.61. The molecule has 2 bridgehead atoms. The van der Waals surface area contributed by atoms with Crippen LogP contribution >= 0.6 is 0 Å². The van der Waals surface area contributed by atoms with Crippen molar-refractivity contribution in [1.29, 1.82) is 0 Å². The van der Waals surface area contributed by atoms with E-state index in [4.69, 9.17) is 15.2 Å². The Balaban J connectivity index is 1.74. The monoisotopic (exact) mass is 360 g/mol. The Morgan fingerprint density at radius 2 is 1.96 bits per heavy atom. The average molecular weight is 360 g/mol. The number of methoxy groups -OCH3 is 1. The van der Waals surface area contributed by atoms with Gasteiger partial charge in [-0.2, -0.15) is 0 Å². The molecule has 0 aromatic heterocycles. The van der Waals surface area contributed by atoms with Gasteiger partial charge in [0.05, 0.1) is 12.7 Å². The summed E-state index contributed by atoms with van der Waals surface area (Å²) in [5, 5.41) is 0. The molecule has 4 unspecified atom stereocenters. The number of unbranched alkanes of at least 4 members (excludes halogenated alkanes) is 1. The maximum Gasteiger partial charge on any atom is 0.338 e. The summed E-state index contributed by atoms with van der Waals surface area (Å²) in [5.74, 6) is -1.09. The molecule has 4 atom stereocenters. The van der Waals surface area contributed by atoms with Crippen molar-refractivity contribution in [3.8, 4) is 0 Å². The summed E-state index contributed by atoms with van der Waals surface area (Å²) in [6.07, 6.45) is 4.21. The molecular formula is C20H28N2O4. The summed E-state index contributed by atoms with van der Waals surface area (Å²) < 4.78 is 10.8. The number of nitrogens with zero attached hydrogens (tertiary/aromatic N) is 1. The SMILES string of the molecule is COC(=O)C1C(OC(=O)c2ccccc2)CC2CCC1N2CCCCN. The lowest BCUT2D eigenvalue weighted by Crippen LogP contribution is -2.55. The molecule has 2 saturated heterocycles. The molecule has 2 heterocycles. The standard InChI is InChI=1S/C20H28N2O4/c1-25-20(24)18-16-10-9-15(22(16)12-6-5-11-21)13-17(18)26-19(23)14-7-3-2-4-8-14/h2-4,7-8,15-18H,5-6,9-13,21H2,1H3. The molecular weight excluding hydrogens is 332 g/mol. The number of benzene rings is 1. The fraction of sp³-hybridized carbons (Fsp3) is 0.600. The summed E-state index contributed by atoms with van der Waals surface area (Å²) >= 11 is 0. The third-order valence-corrected chi connectivity index (χ3v) is 5.62. The van der Waals surface area contributed by atoms with Crippen molar-refractivity contribution in [3.63, 3.8) is 0 Å². The molecule has 26 heavy (non-hydrogen) atoms. The van der Waals surface area contributed by atoms with E-state index in [0.717, 1.165) is 32.2 Å².